The third kappa shape index (κ3) is 15.0. The Morgan fingerprint density at radius 2 is 1.14 bits per heavy atom. The number of carbonyl (C=O) groups is 2. The third-order valence-electron chi connectivity index (χ3n) is 5.02. The first-order chi connectivity index (χ1) is 13.8. The van der Waals surface area contributed by atoms with Crippen molar-refractivity contribution in [2.24, 2.45) is 11.8 Å². The Labute approximate surface area is 189 Å². The summed E-state index contributed by atoms with van der Waals surface area (Å²) in [6, 6.07) is 0. The fraction of sp³-hybridized carbons (Fsp3) is 0.909. The number of rotatable bonds is 18. The number of esters is 2. The van der Waals surface area contributed by atoms with Gasteiger partial charge in [0.2, 0.25) is 0 Å². The Morgan fingerprint density at radius 1 is 0.759 bits per heavy atom. The van der Waals surface area contributed by atoms with Gasteiger partial charge in [0.05, 0.1) is 0 Å². The van der Waals surface area contributed by atoms with E-state index in [0.29, 0.717) is 13.2 Å². The Hall–Kier alpha value is 0.439. The van der Waals surface area contributed by atoms with E-state index < -0.39 is 15.6 Å². The molecule has 0 spiro atoms. The van der Waals surface area contributed by atoms with Crippen LogP contribution in [-0.2, 0) is 19.1 Å². The van der Waals surface area contributed by atoms with E-state index in [1.54, 1.807) is 0 Å². The van der Waals surface area contributed by atoms with E-state index in [1.165, 1.54) is 0 Å². The molecule has 29 heavy (non-hydrogen) atoms. The molecule has 0 N–H and O–H groups in total. The fourth-order valence-electron chi connectivity index (χ4n) is 3.02. The second-order valence-electron chi connectivity index (χ2n) is 7.93. The standard InChI is InChI=1S/2C10H20O2S.2CH3.Sn/c2*1-3-5-6-9(4-2)10(11)12-7-8-13;;;/h2*9,13H,3-8H2,1-2H3;2*1H3;/q;;;;+2/p-2. The van der Waals surface area contributed by atoms with Gasteiger partial charge >= 0.3 is 190 Å². The SMILES string of the molecule is CCCCC(CC)C(=O)OCC[S][Sn]([CH3])([CH3])[S]CCOC(=O)C(CC)CCCC. The molecule has 0 heterocycles. The van der Waals surface area contributed by atoms with Gasteiger partial charge in [-0.05, 0) is 0 Å². The van der Waals surface area contributed by atoms with Crippen LogP contribution in [0.1, 0.15) is 79.1 Å². The van der Waals surface area contributed by atoms with Crippen molar-refractivity contribution in [2.45, 2.75) is 88.9 Å². The van der Waals surface area contributed by atoms with Crippen LogP contribution in [0.15, 0.2) is 0 Å². The van der Waals surface area contributed by atoms with E-state index in [4.69, 9.17) is 9.47 Å². The molecular formula is C22H44O4S2Sn. The summed E-state index contributed by atoms with van der Waals surface area (Å²) in [5.41, 5.74) is 0. The van der Waals surface area contributed by atoms with E-state index in [9.17, 15) is 9.59 Å². The maximum absolute atomic E-state index is 12.2. The van der Waals surface area contributed by atoms with Gasteiger partial charge in [-0.2, -0.15) is 0 Å². The molecule has 0 rings (SSSR count). The first kappa shape index (κ1) is 29.4. The Morgan fingerprint density at radius 3 is 1.45 bits per heavy atom. The summed E-state index contributed by atoms with van der Waals surface area (Å²) in [4.78, 5) is 29.1. The molecule has 2 atom stereocenters. The summed E-state index contributed by atoms with van der Waals surface area (Å²) in [5.74, 6) is 1.82. The molecule has 0 radical (unpaired) electrons. The topological polar surface area (TPSA) is 52.6 Å². The number of carbonyl (C=O) groups excluding carboxylic acids is 2. The van der Waals surface area contributed by atoms with Crippen molar-refractivity contribution in [3.8, 4) is 0 Å². The average molecular weight is 555 g/mol. The van der Waals surface area contributed by atoms with Crippen molar-refractivity contribution < 1.29 is 19.1 Å². The van der Waals surface area contributed by atoms with Gasteiger partial charge in [0.15, 0.2) is 0 Å². The first-order valence-electron chi connectivity index (χ1n) is 11.4. The van der Waals surface area contributed by atoms with Gasteiger partial charge in [-0.25, -0.2) is 0 Å². The zero-order chi connectivity index (χ0) is 22.1. The molecule has 0 bridgehead atoms. The normalized spacial score (nSPS) is 13.7. The number of hydrogen-bond acceptors (Lipinski definition) is 6. The molecule has 0 aliphatic rings. The van der Waals surface area contributed by atoms with Crippen molar-refractivity contribution in [3.63, 3.8) is 0 Å². The second-order valence-corrected chi connectivity index (χ2v) is 37.7. The van der Waals surface area contributed by atoms with Crippen molar-refractivity contribution in [3.05, 3.63) is 0 Å². The summed E-state index contributed by atoms with van der Waals surface area (Å²) in [5, 5.41) is 0. The van der Waals surface area contributed by atoms with Gasteiger partial charge in [0.25, 0.3) is 0 Å². The van der Waals surface area contributed by atoms with Gasteiger partial charge in [0.1, 0.15) is 0 Å². The van der Waals surface area contributed by atoms with Gasteiger partial charge in [-0.15, -0.1) is 0 Å². The van der Waals surface area contributed by atoms with Crippen LogP contribution in [0.5, 0.6) is 0 Å². The predicted octanol–water partition coefficient (Wildman–Crippen LogP) is 6.67. The Bertz CT molecular complexity index is 409. The summed E-state index contributed by atoms with van der Waals surface area (Å²) < 4.78 is 11.0. The minimum absolute atomic E-state index is 0.0253. The first-order valence-corrected chi connectivity index (χ1v) is 26.1. The van der Waals surface area contributed by atoms with Gasteiger partial charge in [0, 0.05) is 0 Å². The van der Waals surface area contributed by atoms with Gasteiger partial charge in [-0.1, -0.05) is 0 Å². The minimum atomic E-state index is -2.28. The van der Waals surface area contributed by atoms with E-state index in [0.717, 1.165) is 62.9 Å². The Balaban J connectivity index is 4.01. The summed E-state index contributed by atoms with van der Waals surface area (Å²) in [6.45, 7) is 9.45. The number of hydrogen-bond donors (Lipinski definition) is 0. The monoisotopic (exact) mass is 556 g/mol. The molecule has 0 aliphatic carbocycles. The molecule has 0 saturated carbocycles. The maximum atomic E-state index is 12.2. The van der Waals surface area contributed by atoms with E-state index in [-0.39, 0.29) is 23.8 Å². The molecule has 0 fully saturated rings. The van der Waals surface area contributed by atoms with Crippen LogP contribution in [0, 0.1) is 11.8 Å². The van der Waals surface area contributed by atoms with Gasteiger partial charge < -0.3 is 0 Å². The van der Waals surface area contributed by atoms with Crippen LogP contribution in [0.4, 0.5) is 0 Å². The zero-order valence-corrected chi connectivity index (χ0v) is 24.1. The molecule has 0 saturated heterocycles. The molecule has 4 nitrogen and oxygen atoms in total. The van der Waals surface area contributed by atoms with E-state index in [1.807, 2.05) is 17.9 Å². The number of unbranched alkanes of at least 4 members (excludes halogenated alkanes) is 2. The van der Waals surface area contributed by atoms with Crippen LogP contribution in [-0.4, -0.2) is 52.3 Å². The molecular weight excluding hydrogens is 511 g/mol. The molecule has 172 valence electrons. The van der Waals surface area contributed by atoms with Crippen LogP contribution in [0.3, 0.4) is 0 Å². The van der Waals surface area contributed by atoms with Crippen molar-refractivity contribution in [2.75, 3.05) is 24.7 Å². The molecule has 0 aliphatic heterocycles. The zero-order valence-electron chi connectivity index (χ0n) is 19.6. The molecule has 0 amide bonds. The molecule has 7 heteroatoms. The summed E-state index contributed by atoms with van der Waals surface area (Å²) in [7, 11) is 3.99. The number of ether oxygens (including phenoxy) is 2. The Kier molecular flexibility index (Phi) is 18.3. The molecule has 0 aromatic rings. The van der Waals surface area contributed by atoms with Crippen LogP contribution in [0.2, 0.25) is 9.88 Å². The van der Waals surface area contributed by atoms with Crippen LogP contribution in [0.25, 0.3) is 0 Å². The van der Waals surface area contributed by atoms with Crippen molar-refractivity contribution >= 4 is 45.4 Å². The molecule has 2 unspecified atom stereocenters. The fourth-order valence-corrected chi connectivity index (χ4v) is 20.0. The van der Waals surface area contributed by atoms with Crippen LogP contribution < -0.4 is 0 Å². The van der Waals surface area contributed by atoms with Gasteiger partial charge in [-0.3, -0.25) is 0 Å². The third-order valence-corrected chi connectivity index (χ3v) is 27.3. The van der Waals surface area contributed by atoms with E-state index in [2.05, 4.69) is 37.6 Å². The second kappa shape index (κ2) is 18.1. The molecule has 0 aromatic heterocycles. The van der Waals surface area contributed by atoms with Crippen LogP contribution >= 0.6 is 17.9 Å². The predicted molar refractivity (Wildman–Crippen MR) is 131 cm³/mol. The summed E-state index contributed by atoms with van der Waals surface area (Å²) >= 11 is -2.28. The summed E-state index contributed by atoms with van der Waals surface area (Å²) in [6.07, 6.45) is 8.02. The van der Waals surface area contributed by atoms with Crippen molar-refractivity contribution in [1.29, 1.82) is 0 Å². The quantitative estimate of drug-likeness (QED) is 0.107. The average Bonchev–Trinajstić information content (AvgIpc) is 2.69. The molecule has 0 aromatic carbocycles. The van der Waals surface area contributed by atoms with E-state index >= 15 is 0 Å². The van der Waals surface area contributed by atoms with Crippen molar-refractivity contribution in [1.82, 2.24) is 0 Å².